The predicted molar refractivity (Wildman–Crippen MR) is 273 cm³/mol. The number of aromatic hydroxyl groups is 2. The molecule has 1 aliphatic rings. The topological polar surface area (TPSA) is 65.2 Å². The number of unbranched alkanes of at least 4 members (excludes halogenated alkanes) is 4. The Morgan fingerprint density at radius 3 is 1.52 bits per heavy atom. The number of quaternary nitrogens is 1. The van der Waals surface area contributed by atoms with Crippen molar-refractivity contribution in [1.29, 1.82) is 0 Å². The number of rotatable bonds is 22. The van der Waals surface area contributed by atoms with Crippen LogP contribution >= 0.6 is 0 Å². The molecule has 60 heavy (non-hydrogen) atoms. The van der Waals surface area contributed by atoms with E-state index in [0.29, 0.717) is 11.5 Å². The predicted octanol–water partition coefficient (Wildman–Crippen LogP) is 12.6. The Hall–Kier alpha value is -1.72. The summed E-state index contributed by atoms with van der Waals surface area (Å²) in [6.45, 7) is 32.9. The smallest absolute Gasteiger partial charge is 0.128 e. The van der Waals surface area contributed by atoms with Crippen LogP contribution in [0.4, 0.5) is 0 Å². The van der Waals surface area contributed by atoms with Crippen molar-refractivity contribution < 1.29 is 31.5 Å². The van der Waals surface area contributed by atoms with E-state index < -0.39 is 17.6 Å². The van der Waals surface area contributed by atoms with Crippen LogP contribution in [0.5, 0.6) is 11.5 Å². The number of nitrogens with zero attached hydrogens (tertiary/aromatic N) is 3. The Balaban J connectivity index is 0. The molecule has 1 aliphatic carbocycles. The van der Waals surface area contributed by atoms with Gasteiger partial charge in [0.25, 0.3) is 0 Å². The van der Waals surface area contributed by atoms with Gasteiger partial charge in [-0.1, -0.05) is 175 Å². The molecule has 2 aromatic rings. The van der Waals surface area contributed by atoms with Gasteiger partial charge in [0.05, 0.1) is 55.9 Å². The summed E-state index contributed by atoms with van der Waals surface area (Å²) in [7, 11) is -2.23. The molecule has 2 atom stereocenters. The van der Waals surface area contributed by atoms with Crippen LogP contribution in [-0.2, 0) is 27.6 Å². The van der Waals surface area contributed by atoms with Gasteiger partial charge in [-0.3, -0.25) is 9.98 Å². The summed E-state index contributed by atoms with van der Waals surface area (Å²) in [4.78, 5) is 10.4. The van der Waals surface area contributed by atoms with E-state index in [1.54, 1.807) is 0 Å². The normalized spacial score (nSPS) is 16.5. The summed E-state index contributed by atoms with van der Waals surface area (Å²) in [6.07, 6.45) is 19.8. The third-order valence-electron chi connectivity index (χ3n) is 12.7. The summed E-state index contributed by atoms with van der Waals surface area (Å²) in [6, 6.07) is 11.8. The summed E-state index contributed by atoms with van der Waals surface area (Å²) < 4.78 is 1.30. The average Bonchev–Trinajstić information content (AvgIpc) is 3.14. The van der Waals surface area contributed by atoms with Crippen molar-refractivity contribution in [2.75, 3.05) is 26.2 Å². The van der Waals surface area contributed by atoms with E-state index in [9.17, 15) is 10.2 Å². The summed E-state index contributed by atoms with van der Waals surface area (Å²) >= 11 is 0. The second kappa shape index (κ2) is 28.2. The van der Waals surface area contributed by atoms with Crippen molar-refractivity contribution in [3.8, 4) is 11.5 Å². The van der Waals surface area contributed by atoms with Crippen molar-refractivity contribution >= 4 is 40.4 Å². The molecule has 2 unspecified atom stereocenters. The van der Waals surface area contributed by atoms with Crippen LogP contribution in [0.2, 0.25) is 25.2 Å². The largest absolute Gasteiger partial charge is 0.507 e. The molecule has 1 fully saturated rings. The zero-order valence-electron chi connectivity index (χ0n) is 40.8. The quantitative estimate of drug-likeness (QED) is 0.0406. The van der Waals surface area contributed by atoms with Crippen molar-refractivity contribution in [1.82, 2.24) is 0 Å². The summed E-state index contributed by atoms with van der Waals surface area (Å²) in [5.41, 5.74) is 3.45. The second-order valence-corrected chi connectivity index (χ2v) is 27.1. The first kappa shape index (κ1) is 60.4. The second-order valence-electron chi connectivity index (χ2n) is 20.3. The molecule has 0 saturated heterocycles. The minimum absolute atomic E-state index is 0. The Labute approximate surface area is 387 Å². The standard InChI is InChI=1S/C49H85N3O2Si2.CH4.2CH3.Co/c1-13-17-26-52(27-18-14-2,28-19-15-3)29-23-31-56(11,12)41-33-39(47(54)43(35-41)49(8,9)10)37-51-45-25-22-21-24-44(45)50-36-38-32-40(55-30-20-16-4)34-42(46(38)53)48(5,6)7;;;;/h32-37,44-45H,13-31,55H2,1-12H3,(H-,50,51,53,54);1H4;2*1H3;/q;;2*-1;/p+1. The van der Waals surface area contributed by atoms with Crippen LogP contribution < -0.4 is 10.4 Å². The zero-order chi connectivity index (χ0) is 41.6. The first-order valence-corrected chi connectivity index (χ1v) is 28.0. The molecule has 5 nitrogen and oxygen atoms in total. The van der Waals surface area contributed by atoms with Crippen LogP contribution in [0.15, 0.2) is 34.3 Å². The molecule has 2 N–H and O–H groups in total. The van der Waals surface area contributed by atoms with Crippen LogP contribution in [0.25, 0.3) is 0 Å². The number of aliphatic imine (C=N–C) groups is 2. The minimum atomic E-state index is -1.84. The number of hydrogen-bond donors (Lipinski definition) is 2. The number of phenolic OH excluding ortho intramolecular Hbond substituents is 2. The third-order valence-corrected chi connectivity index (χ3v) is 18.0. The van der Waals surface area contributed by atoms with Gasteiger partial charge in [0, 0.05) is 40.3 Å². The van der Waals surface area contributed by atoms with Gasteiger partial charge in [0.2, 0.25) is 0 Å². The van der Waals surface area contributed by atoms with Crippen LogP contribution in [-0.4, -0.2) is 83.0 Å². The number of hydrogen-bond acceptors (Lipinski definition) is 4. The van der Waals surface area contributed by atoms with Crippen LogP contribution in [0.3, 0.4) is 0 Å². The Morgan fingerprint density at radius 2 is 1.08 bits per heavy atom. The maximum Gasteiger partial charge on any atom is 0.128 e. The Bertz CT molecular complexity index is 1540. The molecule has 0 bridgehead atoms. The number of phenols is 2. The van der Waals surface area contributed by atoms with Gasteiger partial charge in [0.1, 0.15) is 11.5 Å². The number of benzene rings is 2. The molecule has 0 amide bonds. The monoisotopic (exact) mass is 910 g/mol. The molecule has 1 radical (unpaired) electrons. The first-order valence-electron chi connectivity index (χ1n) is 23.1. The van der Waals surface area contributed by atoms with Gasteiger partial charge < -0.3 is 29.5 Å². The zero-order valence-corrected chi connectivity index (χ0v) is 44.3. The van der Waals surface area contributed by atoms with Gasteiger partial charge in [-0.15, -0.1) is 0 Å². The molecule has 0 aromatic heterocycles. The van der Waals surface area contributed by atoms with E-state index in [0.717, 1.165) is 47.9 Å². The van der Waals surface area contributed by atoms with Gasteiger partial charge in [-0.25, -0.2) is 0 Å². The molecule has 0 aliphatic heterocycles. The minimum Gasteiger partial charge on any atom is -0.507 e. The van der Waals surface area contributed by atoms with Gasteiger partial charge in [0.15, 0.2) is 0 Å². The fraction of sp³-hybridized carbons (Fsp3) is 0.692. The molecule has 8 heteroatoms. The SMILES string of the molecule is C.CCCC[SiH2]c1cc(C=NC2CCCCC2N=Cc2cc([Si](C)(C)CCC[N+](CCCC)(CCCC)CCCC)cc(C(C)(C)C)c2O)c(O)c(C(C)(C)C)c1.[CH3-].[CH3-].[Co]. The van der Waals surface area contributed by atoms with Crippen molar-refractivity contribution in [2.24, 2.45) is 9.98 Å². The fourth-order valence-corrected chi connectivity index (χ4v) is 13.1. The van der Waals surface area contributed by atoms with E-state index in [-0.39, 0.29) is 62.0 Å². The third kappa shape index (κ3) is 18.2. The molecule has 2 aromatic carbocycles. The van der Waals surface area contributed by atoms with Crippen molar-refractivity contribution in [3.05, 3.63) is 61.4 Å². The van der Waals surface area contributed by atoms with E-state index in [2.05, 4.69) is 107 Å². The fourth-order valence-electron chi connectivity index (χ4n) is 8.77. The van der Waals surface area contributed by atoms with E-state index in [1.807, 2.05) is 12.4 Å². The van der Waals surface area contributed by atoms with Crippen LogP contribution in [0.1, 0.15) is 182 Å². The molecule has 1 saturated carbocycles. The van der Waals surface area contributed by atoms with E-state index in [1.165, 1.54) is 111 Å². The van der Waals surface area contributed by atoms with Gasteiger partial charge in [-0.05, 0) is 66.5 Å². The van der Waals surface area contributed by atoms with Crippen molar-refractivity contribution in [2.45, 2.75) is 208 Å². The van der Waals surface area contributed by atoms with Gasteiger partial charge >= 0.3 is 0 Å². The molecule has 0 heterocycles. The average molecular weight is 910 g/mol. The van der Waals surface area contributed by atoms with E-state index >= 15 is 0 Å². The van der Waals surface area contributed by atoms with E-state index in [4.69, 9.17) is 9.98 Å². The summed E-state index contributed by atoms with van der Waals surface area (Å²) in [5, 5.41) is 26.1. The van der Waals surface area contributed by atoms with Gasteiger partial charge in [-0.2, -0.15) is 0 Å². The molecule has 0 spiro atoms. The molecule has 349 valence electrons. The maximum atomic E-state index is 11.8. The Morgan fingerprint density at radius 1 is 0.667 bits per heavy atom. The maximum absolute atomic E-state index is 11.8. The molecular weight excluding hydrogens is 814 g/mol. The summed E-state index contributed by atoms with van der Waals surface area (Å²) in [5.74, 6) is 0.754. The van der Waals surface area contributed by atoms with Crippen LogP contribution in [0, 0.1) is 14.9 Å². The van der Waals surface area contributed by atoms with Crippen molar-refractivity contribution in [3.63, 3.8) is 0 Å². The Kier molecular flexibility index (Phi) is 28.3. The molecular formula is C52H96CoN3O2Si2-. The first-order chi connectivity index (χ1) is 26.4. The molecule has 3 rings (SSSR count).